The van der Waals surface area contributed by atoms with Gasteiger partial charge in [-0.3, -0.25) is 4.90 Å². The molecule has 1 heterocycles. The lowest BCUT2D eigenvalue weighted by Crippen LogP contribution is -2.46. The molecule has 1 aromatic carbocycles. The summed E-state index contributed by atoms with van der Waals surface area (Å²) in [7, 11) is 0. The zero-order chi connectivity index (χ0) is 13.7. The van der Waals surface area contributed by atoms with Gasteiger partial charge < -0.3 is 4.74 Å². The van der Waals surface area contributed by atoms with Gasteiger partial charge in [-0.1, -0.05) is 31.5 Å². The summed E-state index contributed by atoms with van der Waals surface area (Å²) in [5, 5.41) is 0. The molecule has 0 aromatic heterocycles. The molecule has 0 amide bonds. The molecule has 20 heavy (non-hydrogen) atoms. The minimum atomic E-state index is -0.217. The second-order valence-electron chi connectivity index (χ2n) is 5.22. The largest absolute Gasteiger partial charge is 0.443 e. The second-order valence-corrected chi connectivity index (χ2v) is 5.22. The maximum Gasteiger partial charge on any atom is 0.339 e. The zero-order valence-corrected chi connectivity index (χ0v) is 13.1. The third-order valence-electron chi connectivity index (χ3n) is 3.83. The molecule has 1 aromatic rings. The Balaban J connectivity index is 0.00000200. The summed E-state index contributed by atoms with van der Waals surface area (Å²) in [6.45, 7) is 5.32. The number of rotatable bonds is 4. The average molecular weight is 298 g/mol. The van der Waals surface area contributed by atoms with Crippen LogP contribution in [-0.2, 0) is 4.74 Å². The smallest absolute Gasteiger partial charge is 0.339 e. The van der Waals surface area contributed by atoms with Crippen molar-refractivity contribution in [2.24, 2.45) is 0 Å². The first kappa shape index (κ1) is 17.0. The molecule has 0 aliphatic carbocycles. The highest BCUT2D eigenvalue weighted by Gasteiger charge is 2.27. The Morgan fingerprint density at radius 2 is 2.05 bits per heavy atom. The minimum Gasteiger partial charge on any atom is -0.443 e. The van der Waals surface area contributed by atoms with Gasteiger partial charge in [0.05, 0.1) is 5.56 Å². The van der Waals surface area contributed by atoms with Crippen LogP contribution in [0.25, 0.3) is 0 Å². The number of hydrogen-bond acceptors (Lipinski definition) is 3. The van der Waals surface area contributed by atoms with E-state index in [0.717, 1.165) is 13.0 Å². The number of likely N-dealkylation sites (tertiary alicyclic amines) is 1. The molecular weight excluding hydrogens is 274 g/mol. The first-order chi connectivity index (χ1) is 9.22. The average Bonchev–Trinajstić information content (AvgIpc) is 2.46. The number of ether oxygens (including phenoxy) is 1. The standard InChI is InChI=1S/C16H23NO2.ClH/c1-3-15(17-12-8-7-9-13(17)2)19-16(18)14-10-5-4-6-11-14;/h4-6,10-11,13,15H,3,7-9,12H2,1-2H3;1H. The Morgan fingerprint density at radius 3 is 2.65 bits per heavy atom. The molecule has 112 valence electrons. The van der Waals surface area contributed by atoms with Crippen LogP contribution in [0.1, 0.15) is 49.9 Å². The Hall–Kier alpha value is -1.06. The summed E-state index contributed by atoms with van der Waals surface area (Å²) in [6.07, 6.45) is 4.41. The Kier molecular flexibility index (Phi) is 7.03. The molecule has 1 aliphatic heterocycles. The lowest BCUT2D eigenvalue weighted by atomic mass is 10.0. The van der Waals surface area contributed by atoms with Crippen LogP contribution >= 0.6 is 12.4 Å². The Labute approximate surface area is 127 Å². The van der Waals surface area contributed by atoms with Crippen LogP contribution in [0, 0.1) is 0 Å². The van der Waals surface area contributed by atoms with Crippen LogP contribution in [0.4, 0.5) is 0 Å². The maximum absolute atomic E-state index is 12.1. The van der Waals surface area contributed by atoms with Crippen LogP contribution in [-0.4, -0.2) is 29.7 Å². The van der Waals surface area contributed by atoms with E-state index in [4.69, 9.17) is 4.74 Å². The molecule has 0 spiro atoms. The predicted octanol–water partition coefficient (Wildman–Crippen LogP) is 3.88. The molecule has 2 rings (SSSR count). The molecule has 1 fully saturated rings. The number of halogens is 1. The Bertz CT molecular complexity index is 410. The van der Waals surface area contributed by atoms with Gasteiger partial charge in [-0.25, -0.2) is 4.79 Å². The van der Waals surface area contributed by atoms with Crippen molar-refractivity contribution in [3.05, 3.63) is 35.9 Å². The third-order valence-corrected chi connectivity index (χ3v) is 3.83. The van der Waals surface area contributed by atoms with E-state index in [-0.39, 0.29) is 24.6 Å². The zero-order valence-electron chi connectivity index (χ0n) is 12.2. The van der Waals surface area contributed by atoms with E-state index < -0.39 is 0 Å². The van der Waals surface area contributed by atoms with Crippen LogP contribution in [0.2, 0.25) is 0 Å². The summed E-state index contributed by atoms with van der Waals surface area (Å²) in [5.74, 6) is -0.217. The summed E-state index contributed by atoms with van der Waals surface area (Å²) >= 11 is 0. The second kappa shape index (κ2) is 8.28. The van der Waals surface area contributed by atoms with Gasteiger partial charge in [0.25, 0.3) is 0 Å². The van der Waals surface area contributed by atoms with E-state index >= 15 is 0 Å². The summed E-state index contributed by atoms with van der Waals surface area (Å²) in [5.41, 5.74) is 0.630. The molecule has 2 unspecified atom stereocenters. The van der Waals surface area contributed by atoms with E-state index in [1.807, 2.05) is 18.2 Å². The molecule has 1 saturated heterocycles. The van der Waals surface area contributed by atoms with Crippen molar-refractivity contribution >= 4 is 18.4 Å². The van der Waals surface area contributed by atoms with Crippen molar-refractivity contribution in [2.45, 2.75) is 51.8 Å². The van der Waals surface area contributed by atoms with E-state index in [1.165, 1.54) is 19.3 Å². The molecule has 3 nitrogen and oxygen atoms in total. The fourth-order valence-electron chi connectivity index (χ4n) is 2.70. The van der Waals surface area contributed by atoms with E-state index in [9.17, 15) is 4.79 Å². The number of nitrogens with zero attached hydrogens (tertiary/aromatic N) is 1. The lowest BCUT2D eigenvalue weighted by Gasteiger charge is -2.38. The summed E-state index contributed by atoms with van der Waals surface area (Å²) in [4.78, 5) is 14.4. The van der Waals surface area contributed by atoms with Crippen LogP contribution < -0.4 is 0 Å². The molecule has 0 bridgehead atoms. The number of esters is 1. The number of carbonyl (C=O) groups excluding carboxylic acids is 1. The highest BCUT2D eigenvalue weighted by Crippen LogP contribution is 2.22. The predicted molar refractivity (Wildman–Crippen MR) is 83.2 cm³/mol. The SMILES string of the molecule is CCC(OC(=O)c1ccccc1)N1CCCCC1C.Cl. The summed E-state index contributed by atoms with van der Waals surface area (Å²) in [6, 6.07) is 9.73. The quantitative estimate of drug-likeness (QED) is 0.790. The molecule has 1 aliphatic rings. The van der Waals surface area contributed by atoms with Gasteiger partial charge in [-0.15, -0.1) is 12.4 Å². The highest BCUT2D eigenvalue weighted by atomic mass is 35.5. The number of piperidine rings is 1. The van der Waals surface area contributed by atoms with Crippen LogP contribution in [0.3, 0.4) is 0 Å². The first-order valence-corrected chi connectivity index (χ1v) is 7.24. The van der Waals surface area contributed by atoms with Crippen molar-refractivity contribution in [2.75, 3.05) is 6.54 Å². The van der Waals surface area contributed by atoms with Crippen LogP contribution in [0.5, 0.6) is 0 Å². The fourth-order valence-corrected chi connectivity index (χ4v) is 2.70. The third kappa shape index (κ3) is 4.22. The van der Waals surface area contributed by atoms with E-state index in [1.54, 1.807) is 12.1 Å². The van der Waals surface area contributed by atoms with Crippen LogP contribution in [0.15, 0.2) is 30.3 Å². The van der Waals surface area contributed by atoms with Crippen molar-refractivity contribution in [3.63, 3.8) is 0 Å². The highest BCUT2D eigenvalue weighted by molar-refractivity contribution is 5.89. The molecule has 0 radical (unpaired) electrons. The molecule has 2 atom stereocenters. The van der Waals surface area contributed by atoms with Gasteiger partial charge >= 0.3 is 5.97 Å². The van der Waals surface area contributed by atoms with E-state index in [2.05, 4.69) is 18.7 Å². The molecule has 0 N–H and O–H groups in total. The normalized spacial score (nSPS) is 20.8. The van der Waals surface area contributed by atoms with Crippen molar-refractivity contribution in [1.82, 2.24) is 4.90 Å². The van der Waals surface area contributed by atoms with Gasteiger partial charge in [-0.2, -0.15) is 0 Å². The van der Waals surface area contributed by atoms with E-state index in [0.29, 0.717) is 11.6 Å². The molecular formula is C16H24ClNO2. The van der Waals surface area contributed by atoms with Gasteiger partial charge in [0.1, 0.15) is 0 Å². The van der Waals surface area contributed by atoms with Gasteiger partial charge in [0, 0.05) is 12.6 Å². The monoisotopic (exact) mass is 297 g/mol. The fraction of sp³-hybridized carbons (Fsp3) is 0.562. The number of carbonyl (C=O) groups is 1. The van der Waals surface area contributed by atoms with Crippen molar-refractivity contribution in [3.8, 4) is 0 Å². The summed E-state index contributed by atoms with van der Waals surface area (Å²) < 4.78 is 5.68. The first-order valence-electron chi connectivity index (χ1n) is 7.24. The molecule has 0 saturated carbocycles. The Morgan fingerprint density at radius 1 is 1.35 bits per heavy atom. The van der Waals surface area contributed by atoms with Crippen molar-refractivity contribution < 1.29 is 9.53 Å². The molecule has 4 heteroatoms. The van der Waals surface area contributed by atoms with Gasteiger partial charge in [0.2, 0.25) is 0 Å². The van der Waals surface area contributed by atoms with Gasteiger partial charge in [0.15, 0.2) is 6.23 Å². The van der Waals surface area contributed by atoms with Crippen molar-refractivity contribution in [1.29, 1.82) is 0 Å². The minimum absolute atomic E-state index is 0. The number of benzene rings is 1. The number of hydrogen-bond donors (Lipinski definition) is 0. The maximum atomic E-state index is 12.1. The lowest BCUT2D eigenvalue weighted by molar-refractivity contribution is -0.0589. The van der Waals surface area contributed by atoms with Gasteiger partial charge in [-0.05, 0) is 38.3 Å². The topological polar surface area (TPSA) is 29.5 Å².